The minimum Gasteiger partial charge on any atom is -0.388 e. The average Bonchev–Trinajstić information content (AvgIpc) is 2.56. The molecule has 0 spiro atoms. The molecule has 0 aromatic heterocycles. The first-order valence-corrected chi connectivity index (χ1v) is 4.18. The van der Waals surface area contributed by atoms with Gasteiger partial charge in [-0.15, -0.1) is 0 Å². The maximum absolute atomic E-state index is 11.3. The van der Waals surface area contributed by atoms with E-state index in [1.165, 1.54) is 12.0 Å². The average molecular weight is 200 g/mol. The number of carbonyl (C=O) groups excluding carboxylic acids is 1. The molecule has 1 N–H and O–H groups in total. The summed E-state index contributed by atoms with van der Waals surface area (Å²) in [6, 6.07) is 0. The van der Waals surface area contributed by atoms with E-state index < -0.39 is 6.10 Å². The first-order chi connectivity index (χ1) is 6.69. The minimum atomic E-state index is -0.657. The van der Waals surface area contributed by atoms with E-state index in [0.29, 0.717) is 6.54 Å². The number of rotatable bonds is 3. The monoisotopic (exact) mass is 200 g/mol. The second-order valence-corrected chi connectivity index (χ2v) is 3.03. The second-order valence-electron chi connectivity index (χ2n) is 3.03. The topological polar surface area (TPSA) is 98.5 Å². The molecule has 1 amide bonds. The van der Waals surface area contributed by atoms with Crippen LogP contribution >= 0.6 is 0 Å². The van der Waals surface area contributed by atoms with Crippen LogP contribution in [0, 0.1) is 0 Å². The van der Waals surface area contributed by atoms with Crippen molar-refractivity contribution in [3.05, 3.63) is 10.4 Å². The van der Waals surface area contributed by atoms with Crippen molar-refractivity contribution < 1.29 is 14.6 Å². The van der Waals surface area contributed by atoms with E-state index in [2.05, 4.69) is 10.0 Å². The zero-order chi connectivity index (χ0) is 10.6. The molecule has 1 fully saturated rings. The number of ether oxygens (including phenoxy) is 1. The Morgan fingerprint density at radius 1 is 1.79 bits per heavy atom. The lowest BCUT2D eigenvalue weighted by molar-refractivity contribution is -0.129. The Morgan fingerprint density at radius 2 is 2.50 bits per heavy atom. The van der Waals surface area contributed by atoms with E-state index in [1.54, 1.807) is 0 Å². The lowest BCUT2D eigenvalue weighted by atomic mass is 10.3. The number of β-amino-alcohol motifs (C(OH)–C–C–N with tert-alkyl or cyclic N) is 1. The highest BCUT2D eigenvalue weighted by Gasteiger charge is 2.33. The quantitative estimate of drug-likeness (QED) is 0.378. The number of likely N-dealkylation sites (tertiary alicyclic amines) is 1. The van der Waals surface area contributed by atoms with Gasteiger partial charge in [0, 0.05) is 25.1 Å². The SMILES string of the molecule is COC1CN(C(=O)CN=[N+]=[N-])CC1O. The number of methoxy groups -OCH3 is 1. The number of aliphatic hydroxyl groups excluding tert-OH is 1. The molecule has 0 aliphatic carbocycles. The van der Waals surface area contributed by atoms with Crippen molar-refractivity contribution in [1.82, 2.24) is 4.90 Å². The van der Waals surface area contributed by atoms with Gasteiger partial charge in [-0.25, -0.2) is 0 Å². The van der Waals surface area contributed by atoms with Crippen LogP contribution in [0.15, 0.2) is 5.11 Å². The van der Waals surface area contributed by atoms with Crippen LogP contribution in [0.25, 0.3) is 10.4 Å². The molecule has 1 rings (SSSR count). The molecule has 0 aromatic rings. The maximum Gasteiger partial charge on any atom is 0.228 e. The zero-order valence-corrected chi connectivity index (χ0v) is 7.83. The number of azide groups is 1. The van der Waals surface area contributed by atoms with Gasteiger partial charge in [0.15, 0.2) is 0 Å². The van der Waals surface area contributed by atoms with Crippen LogP contribution in [0.4, 0.5) is 0 Å². The molecule has 1 heterocycles. The summed E-state index contributed by atoms with van der Waals surface area (Å²) in [5.41, 5.74) is 8.02. The van der Waals surface area contributed by atoms with Gasteiger partial charge in [0.1, 0.15) is 12.6 Å². The molecular formula is C7H12N4O3. The largest absolute Gasteiger partial charge is 0.388 e. The second kappa shape index (κ2) is 4.80. The Balaban J connectivity index is 2.48. The van der Waals surface area contributed by atoms with Gasteiger partial charge in [0.2, 0.25) is 5.91 Å². The molecule has 0 saturated carbocycles. The molecule has 0 radical (unpaired) electrons. The molecule has 78 valence electrons. The number of nitrogens with zero attached hydrogens (tertiary/aromatic N) is 4. The van der Waals surface area contributed by atoms with Gasteiger partial charge in [0.05, 0.1) is 6.10 Å². The van der Waals surface area contributed by atoms with Gasteiger partial charge >= 0.3 is 0 Å². The number of aliphatic hydroxyl groups is 1. The third-order valence-corrected chi connectivity index (χ3v) is 2.16. The highest BCUT2D eigenvalue weighted by Crippen LogP contribution is 2.12. The smallest absolute Gasteiger partial charge is 0.228 e. The van der Waals surface area contributed by atoms with Gasteiger partial charge in [0.25, 0.3) is 0 Å². The van der Waals surface area contributed by atoms with Gasteiger partial charge in [-0.1, -0.05) is 5.11 Å². The molecule has 2 atom stereocenters. The van der Waals surface area contributed by atoms with Crippen molar-refractivity contribution in [1.29, 1.82) is 0 Å². The van der Waals surface area contributed by atoms with Crippen LogP contribution in [0.2, 0.25) is 0 Å². The van der Waals surface area contributed by atoms with E-state index in [0.717, 1.165) is 0 Å². The van der Waals surface area contributed by atoms with Crippen LogP contribution in [-0.2, 0) is 9.53 Å². The summed E-state index contributed by atoms with van der Waals surface area (Å²) < 4.78 is 4.96. The van der Waals surface area contributed by atoms with Gasteiger partial charge < -0.3 is 14.7 Å². The van der Waals surface area contributed by atoms with Crippen LogP contribution < -0.4 is 0 Å². The van der Waals surface area contributed by atoms with E-state index in [9.17, 15) is 9.90 Å². The molecule has 1 aliphatic heterocycles. The van der Waals surface area contributed by atoms with E-state index >= 15 is 0 Å². The van der Waals surface area contributed by atoms with Gasteiger partial charge in [-0.2, -0.15) is 0 Å². The first-order valence-electron chi connectivity index (χ1n) is 4.18. The van der Waals surface area contributed by atoms with E-state index in [4.69, 9.17) is 10.3 Å². The number of hydrogen-bond donors (Lipinski definition) is 1. The lowest BCUT2D eigenvalue weighted by Crippen LogP contribution is -2.31. The molecule has 0 aromatic carbocycles. The number of amides is 1. The highest BCUT2D eigenvalue weighted by atomic mass is 16.5. The summed E-state index contributed by atoms with van der Waals surface area (Å²) in [5.74, 6) is -0.290. The van der Waals surface area contributed by atoms with E-state index in [-0.39, 0.29) is 25.1 Å². The molecular weight excluding hydrogens is 188 g/mol. The Bertz CT molecular complexity index is 264. The van der Waals surface area contributed by atoms with Crippen molar-refractivity contribution in [3.63, 3.8) is 0 Å². The van der Waals surface area contributed by atoms with Crippen molar-refractivity contribution in [3.8, 4) is 0 Å². The number of hydrogen-bond acceptors (Lipinski definition) is 4. The summed E-state index contributed by atoms with van der Waals surface area (Å²) in [6.07, 6.45) is -1.000. The Morgan fingerprint density at radius 3 is 3.00 bits per heavy atom. The minimum absolute atomic E-state index is 0.209. The van der Waals surface area contributed by atoms with Gasteiger partial charge in [-0.3, -0.25) is 4.79 Å². The molecule has 2 unspecified atom stereocenters. The van der Waals surface area contributed by atoms with Crippen LogP contribution in [-0.4, -0.2) is 54.9 Å². The van der Waals surface area contributed by atoms with Crippen LogP contribution in [0.3, 0.4) is 0 Å². The molecule has 14 heavy (non-hydrogen) atoms. The molecule has 1 aliphatic rings. The highest BCUT2D eigenvalue weighted by molar-refractivity contribution is 5.78. The van der Waals surface area contributed by atoms with Crippen LogP contribution in [0.5, 0.6) is 0 Å². The van der Waals surface area contributed by atoms with Crippen molar-refractivity contribution in [2.45, 2.75) is 12.2 Å². The Kier molecular flexibility index (Phi) is 3.70. The summed E-state index contributed by atoms with van der Waals surface area (Å²) in [4.78, 5) is 15.2. The molecule has 7 nitrogen and oxygen atoms in total. The first kappa shape index (κ1) is 10.8. The predicted molar refractivity (Wildman–Crippen MR) is 47.4 cm³/mol. The Hall–Kier alpha value is -1.30. The van der Waals surface area contributed by atoms with Crippen molar-refractivity contribution in [2.24, 2.45) is 5.11 Å². The predicted octanol–water partition coefficient (Wildman–Crippen LogP) is -0.485. The van der Waals surface area contributed by atoms with Crippen molar-refractivity contribution in [2.75, 3.05) is 26.7 Å². The van der Waals surface area contributed by atoms with Gasteiger partial charge in [-0.05, 0) is 5.53 Å². The third-order valence-electron chi connectivity index (χ3n) is 2.16. The summed E-state index contributed by atoms with van der Waals surface area (Å²) >= 11 is 0. The summed E-state index contributed by atoms with van der Waals surface area (Å²) in [7, 11) is 1.48. The molecule has 1 saturated heterocycles. The maximum atomic E-state index is 11.3. The normalized spacial score (nSPS) is 26.0. The zero-order valence-electron chi connectivity index (χ0n) is 7.83. The van der Waals surface area contributed by atoms with Crippen LogP contribution in [0.1, 0.15) is 0 Å². The standard InChI is InChI=1S/C7H12N4O3/c1-14-6-4-11(3-5(6)12)7(13)2-9-10-8/h5-6,12H,2-4H2,1H3. The summed E-state index contributed by atoms with van der Waals surface area (Å²) in [5, 5.41) is 12.6. The lowest BCUT2D eigenvalue weighted by Gasteiger charge is -2.13. The third kappa shape index (κ3) is 2.35. The number of carbonyl (C=O) groups is 1. The Labute approximate surface area is 80.9 Å². The fourth-order valence-electron chi connectivity index (χ4n) is 1.38. The summed E-state index contributed by atoms with van der Waals surface area (Å²) in [6.45, 7) is 0.370. The molecule has 0 bridgehead atoms. The fourth-order valence-corrected chi connectivity index (χ4v) is 1.38. The van der Waals surface area contributed by atoms with E-state index in [1.807, 2.05) is 0 Å². The molecule has 7 heteroatoms. The fraction of sp³-hybridized carbons (Fsp3) is 0.857. The van der Waals surface area contributed by atoms with Crippen molar-refractivity contribution >= 4 is 5.91 Å².